The number of carbonyl (C=O) groups is 1. The number of hydrogen-bond acceptors (Lipinski definition) is 2. The van der Waals surface area contributed by atoms with Gasteiger partial charge < -0.3 is 10.0 Å². The smallest absolute Gasteiger partial charge is 0.223 e. The molecule has 19 heavy (non-hydrogen) atoms. The van der Waals surface area contributed by atoms with Gasteiger partial charge in [-0.05, 0) is 23.8 Å². The van der Waals surface area contributed by atoms with Crippen LogP contribution in [0.25, 0.3) is 0 Å². The van der Waals surface area contributed by atoms with E-state index in [9.17, 15) is 9.90 Å². The lowest BCUT2D eigenvalue weighted by Gasteiger charge is -2.34. The number of aliphatic hydroxyl groups is 1. The average molecular weight is 261 g/mol. The lowest BCUT2D eigenvalue weighted by Crippen LogP contribution is -2.46. The zero-order valence-corrected chi connectivity index (χ0v) is 11.7. The van der Waals surface area contributed by atoms with Crippen molar-refractivity contribution in [3.8, 4) is 0 Å². The second-order valence-electron chi connectivity index (χ2n) is 5.69. The molecule has 1 amide bonds. The number of carbonyl (C=O) groups excluding carboxylic acids is 1. The number of likely N-dealkylation sites (tertiary alicyclic amines) is 1. The Balaban J connectivity index is 1.91. The van der Waals surface area contributed by atoms with Crippen LogP contribution in [0.3, 0.4) is 0 Å². The van der Waals surface area contributed by atoms with Gasteiger partial charge in [-0.2, -0.15) is 0 Å². The first kappa shape index (κ1) is 14.1. The van der Waals surface area contributed by atoms with Crippen molar-refractivity contribution in [3.05, 3.63) is 35.9 Å². The van der Waals surface area contributed by atoms with Crippen LogP contribution in [-0.4, -0.2) is 35.1 Å². The van der Waals surface area contributed by atoms with Gasteiger partial charge in [-0.1, -0.05) is 44.2 Å². The molecule has 3 nitrogen and oxygen atoms in total. The molecule has 0 aliphatic carbocycles. The van der Waals surface area contributed by atoms with Crippen molar-refractivity contribution < 1.29 is 9.90 Å². The molecule has 1 aliphatic rings. The number of piperidine rings is 1. The molecule has 1 saturated heterocycles. The third-order valence-corrected chi connectivity index (χ3v) is 4.12. The highest BCUT2D eigenvalue weighted by atomic mass is 16.3. The lowest BCUT2D eigenvalue weighted by atomic mass is 9.94. The summed E-state index contributed by atoms with van der Waals surface area (Å²) < 4.78 is 0. The summed E-state index contributed by atoms with van der Waals surface area (Å²) in [6, 6.07) is 10.1. The van der Waals surface area contributed by atoms with E-state index in [0.717, 1.165) is 13.0 Å². The molecule has 3 atom stereocenters. The van der Waals surface area contributed by atoms with Crippen molar-refractivity contribution in [1.82, 2.24) is 4.90 Å². The molecule has 1 N–H and O–H groups in total. The maximum Gasteiger partial charge on any atom is 0.223 e. The number of amides is 1. The monoisotopic (exact) mass is 261 g/mol. The number of benzene rings is 1. The molecule has 0 bridgehead atoms. The molecule has 1 aliphatic heterocycles. The molecule has 3 heteroatoms. The van der Waals surface area contributed by atoms with Crippen molar-refractivity contribution in [2.45, 2.75) is 38.7 Å². The van der Waals surface area contributed by atoms with E-state index in [0.29, 0.717) is 18.9 Å². The molecule has 1 fully saturated rings. The van der Waals surface area contributed by atoms with Crippen molar-refractivity contribution in [2.24, 2.45) is 5.92 Å². The minimum atomic E-state index is -0.371. The molecular formula is C16H23NO2. The van der Waals surface area contributed by atoms with Crippen LogP contribution in [0.4, 0.5) is 0 Å². The van der Waals surface area contributed by atoms with Crippen LogP contribution in [0.5, 0.6) is 0 Å². The molecule has 1 aromatic carbocycles. The van der Waals surface area contributed by atoms with Gasteiger partial charge in [0.1, 0.15) is 0 Å². The Morgan fingerprint density at radius 1 is 1.42 bits per heavy atom. The largest absolute Gasteiger partial charge is 0.391 e. The van der Waals surface area contributed by atoms with Crippen LogP contribution in [0, 0.1) is 5.92 Å². The van der Waals surface area contributed by atoms with E-state index in [1.807, 2.05) is 30.0 Å². The summed E-state index contributed by atoms with van der Waals surface area (Å²) in [5.41, 5.74) is 1.20. The Labute approximate surface area is 115 Å². The van der Waals surface area contributed by atoms with Crippen LogP contribution in [-0.2, 0) is 4.79 Å². The standard InChI is InChI=1S/C16H23NO2/c1-12-8-9-17(11-15(12)18)16(19)10-13(2)14-6-4-3-5-7-14/h3-7,12-13,15,18H,8-11H2,1-2H3. The summed E-state index contributed by atoms with van der Waals surface area (Å²) in [6.07, 6.45) is 1.04. The Hall–Kier alpha value is -1.35. The van der Waals surface area contributed by atoms with Crippen LogP contribution in [0.15, 0.2) is 30.3 Å². The summed E-state index contributed by atoms with van der Waals surface area (Å²) in [4.78, 5) is 14.1. The van der Waals surface area contributed by atoms with Gasteiger partial charge in [0.25, 0.3) is 0 Å². The molecule has 0 aromatic heterocycles. The number of rotatable bonds is 3. The van der Waals surface area contributed by atoms with Gasteiger partial charge in [0.05, 0.1) is 6.10 Å². The zero-order valence-electron chi connectivity index (χ0n) is 11.7. The van der Waals surface area contributed by atoms with Gasteiger partial charge in [-0.3, -0.25) is 4.79 Å². The Morgan fingerprint density at radius 2 is 2.11 bits per heavy atom. The summed E-state index contributed by atoms with van der Waals surface area (Å²) in [6.45, 7) is 5.38. The maximum absolute atomic E-state index is 12.2. The maximum atomic E-state index is 12.2. The summed E-state index contributed by atoms with van der Waals surface area (Å²) >= 11 is 0. The average Bonchev–Trinajstić information content (AvgIpc) is 2.42. The number of β-amino-alcohol motifs (C(OH)–C–C–N with tert-alkyl or cyclic N) is 1. The number of hydrogen-bond donors (Lipinski definition) is 1. The highest BCUT2D eigenvalue weighted by Crippen LogP contribution is 2.22. The normalized spacial score (nSPS) is 25.1. The second kappa shape index (κ2) is 6.20. The third kappa shape index (κ3) is 3.57. The molecule has 1 heterocycles. The van der Waals surface area contributed by atoms with Gasteiger partial charge in [0.15, 0.2) is 0 Å². The first-order chi connectivity index (χ1) is 9.08. The van der Waals surface area contributed by atoms with E-state index >= 15 is 0 Å². The minimum Gasteiger partial charge on any atom is -0.391 e. The Morgan fingerprint density at radius 3 is 2.74 bits per heavy atom. The molecule has 0 spiro atoms. The van der Waals surface area contributed by atoms with Crippen LogP contribution in [0.2, 0.25) is 0 Å². The molecule has 1 aromatic rings. The van der Waals surface area contributed by atoms with E-state index in [-0.39, 0.29) is 17.9 Å². The second-order valence-corrected chi connectivity index (χ2v) is 5.69. The lowest BCUT2D eigenvalue weighted by molar-refractivity contribution is -0.135. The summed E-state index contributed by atoms with van der Waals surface area (Å²) in [5, 5.41) is 9.85. The Bertz CT molecular complexity index is 418. The van der Waals surface area contributed by atoms with Gasteiger partial charge in [-0.25, -0.2) is 0 Å². The van der Waals surface area contributed by atoms with Gasteiger partial charge in [0.2, 0.25) is 5.91 Å². The fourth-order valence-corrected chi connectivity index (χ4v) is 2.57. The highest BCUT2D eigenvalue weighted by Gasteiger charge is 2.27. The van der Waals surface area contributed by atoms with Crippen LogP contribution in [0.1, 0.15) is 38.2 Å². The predicted octanol–water partition coefficient (Wildman–Crippen LogP) is 2.41. The summed E-state index contributed by atoms with van der Waals surface area (Å²) in [5.74, 6) is 0.683. The van der Waals surface area contributed by atoms with E-state index in [1.54, 1.807) is 0 Å². The van der Waals surface area contributed by atoms with Gasteiger partial charge >= 0.3 is 0 Å². The fraction of sp³-hybridized carbons (Fsp3) is 0.562. The number of aliphatic hydroxyl groups excluding tert-OH is 1. The minimum absolute atomic E-state index is 0.155. The fourth-order valence-electron chi connectivity index (χ4n) is 2.57. The zero-order chi connectivity index (χ0) is 13.8. The Kier molecular flexibility index (Phi) is 4.59. The van der Waals surface area contributed by atoms with Crippen molar-refractivity contribution in [3.63, 3.8) is 0 Å². The van der Waals surface area contributed by atoms with E-state index in [1.165, 1.54) is 5.56 Å². The topological polar surface area (TPSA) is 40.5 Å². The van der Waals surface area contributed by atoms with E-state index in [2.05, 4.69) is 19.1 Å². The third-order valence-electron chi connectivity index (χ3n) is 4.12. The molecule has 104 valence electrons. The van der Waals surface area contributed by atoms with Crippen molar-refractivity contribution in [2.75, 3.05) is 13.1 Å². The predicted molar refractivity (Wildman–Crippen MR) is 75.8 cm³/mol. The quantitative estimate of drug-likeness (QED) is 0.907. The van der Waals surface area contributed by atoms with E-state index < -0.39 is 0 Å². The molecular weight excluding hydrogens is 238 g/mol. The van der Waals surface area contributed by atoms with Crippen molar-refractivity contribution >= 4 is 5.91 Å². The van der Waals surface area contributed by atoms with E-state index in [4.69, 9.17) is 0 Å². The molecule has 3 unspecified atom stereocenters. The first-order valence-corrected chi connectivity index (χ1v) is 7.08. The molecule has 0 radical (unpaired) electrons. The van der Waals surface area contributed by atoms with Gasteiger partial charge in [-0.15, -0.1) is 0 Å². The van der Waals surface area contributed by atoms with Gasteiger partial charge in [0, 0.05) is 19.5 Å². The number of nitrogens with zero attached hydrogens (tertiary/aromatic N) is 1. The molecule has 2 rings (SSSR count). The first-order valence-electron chi connectivity index (χ1n) is 7.08. The molecule has 0 saturated carbocycles. The van der Waals surface area contributed by atoms with Crippen LogP contribution < -0.4 is 0 Å². The van der Waals surface area contributed by atoms with Crippen LogP contribution >= 0.6 is 0 Å². The summed E-state index contributed by atoms with van der Waals surface area (Å²) in [7, 11) is 0. The highest BCUT2D eigenvalue weighted by molar-refractivity contribution is 5.77. The SMILES string of the molecule is CC(CC(=O)N1CCC(C)C(O)C1)c1ccccc1. The van der Waals surface area contributed by atoms with Crippen molar-refractivity contribution in [1.29, 1.82) is 0 Å².